The van der Waals surface area contributed by atoms with Crippen LogP contribution in [0.5, 0.6) is 0 Å². The maximum atomic E-state index is 13.0. The van der Waals surface area contributed by atoms with E-state index in [1.807, 2.05) is 0 Å². The lowest BCUT2D eigenvalue weighted by molar-refractivity contribution is -0.223. The largest absolute Gasteiger partial charge is 0.313 e. The van der Waals surface area contributed by atoms with Gasteiger partial charge in [-0.05, 0) is 0 Å². The van der Waals surface area contributed by atoms with Crippen molar-refractivity contribution in [1.82, 2.24) is 0 Å². The first kappa shape index (κ1) is 17.5. The number of alkyl halides is 7. The van der Waals surface area contributed by atoms with Crippen molar-refractivity contribution in [2.24, 2.45) is 0 Å². The molecular weight excluding hydrogens is 289 g/mol. The summed E-state index contributed by atoms with van der Waals surface area (Å²) >= 11 is 0.405. The second-order valence-corrected chi connectivity index (χ2v) is 4.83. The Morgan fingerprint density at radius 1 is 1.11 bits per heavy atom. The fraction of sp³-hybridized carbons (Fsp3) is 0.889. The molecule has 0 aliphatic heterocycles. The highest BCUT2D eigenvalue weighted by Gasteiger charge is 2.57. The van der Waals surface area contributed by atoms with Gasteiger partial charge < -0.3 is 0 Å². The predicted octanol–water partition coefficient (Wildman–Crippen LogP) is 3.92. The Hall–Kier alpha value is -0.470. The number of hydrogen-bond donors (Lipinski definition) is 0. The molecule has 0 heterocycles. The summed E-state index contributed by atoms with van der Waals surface area (Å²) in [5.41, 5.74) is 0. The highest BCUT2D eigenvalue weighted by Crippen LogP contribution is 2.42. The highest BCUT2D eigenvalue weighted by molar-refractivity contribution is 8.13. The molecule has 0 aliphatic rings. The van der Waals surface area contributed by atoms with Crippen LogP contribution >= 0.6 is 11.8 Å². The van der Waals surface area contributed by atoms with Crippen LogP contribution in [0.1, 0.15) is 19.8 Å². The third-order valence-electron chi connectivity index (χ3n) is 1.98. The molecule has 0 aromatic carbocycles. The molecule has 0 aromatic rings. The van der Waals surface area contributed by atoms with Crippen molar-refractivity contribution in [2.75, 3.05) is 5.75 Å². The summed E-state index contributed by atoms with van der Waals surface area (Å²) in [6.45, 7) is 1.06. The zero-order valence-electron chi connectivity index (χ0n) is 9.24. The Morgan fingerprint density at radius 2 is 1.61 bits per heavy atom. The van der Waals surface area contributed by atoms with E-state index in [1.165, 1.54) is 0 Å². The minimum atomic E-state index is -4.87. The summed E-state index contributed by atoms with van der Waals surface area (Å²) in [7, 11) is 0. The van der Waals surface area contributed by atoms with Gasteiger partial charge in [-0.2, -0.15) is 17.6 Å². The molecule has 9 heteroatoms. The standard InChI is InChI=1S/C9H11F7OS/c1-5(17)18-3-2-8(13,14)9(15,16)4-6(10)7(11)12/h6-7H,2-4H2,1H3. The molecule has 1 nitrogen and oxygen atoms in total. The third kappa shape index (κ3) is 5.45. The monoisotopic (exact) mass is 300 g/mol. The van der Waals surface area contributed by atoms with Gasteiger partial charge in [-0.15, -0.1) is 0 Å². The van der Waals surface area contributed by atoms with Crippen LogP contribution in [0.25, 0.3) is 0 Å². The zero-order valence-corrected chi connectivity index (χ0v) is 10.1. The van der Waals surface area contributed by atoms with E-state index in [2.05, 4.69) is 0 Å². The maximum absolute atomic E-state index is 13.0. The van der Waals surface area contributed by atoms with Gasteiger partial charge in [0.2, 0.25) is 0 Å². The summed E-state index contributed by atoms with van der Waals surface area (Å²) in [4.78, 5) is 10.4. The van der Waals surface area contributed by atoms with Crippen LogP contribution in [0.4, 0.5) is 30.7 Å². The van der Waals surface area contributed by atoms with Gasteiger partial charge in [-0.1, -0.05) is 11.8 Å². The van der Waals surface area contributed by atoms with E-state index in [-0.39, 0.29) is 0 Å². The molecule has 0 saturated carbocycles. The van der Waals surface area contributed by atoms with Crippen molar-refractivity contribution in [3.8, 4) is 0 Å². The van der Waals surface area contributed by atoms with Crippen LogP contribution in [-0.4, -0.2) is 35.3 Å². The van der Waals surface area contributed by atoms with Crippen LogP contribution in [0, 0.1) is 0 Å². The molecule has 0 amide bonds. The lowest BCUT2D eigenvalue weighted by Gasteiger charge is -2.27. The van der Waals surface area contributed by atoms with E-state index in [4.69, 9.17) is 0 Å². The first-order valence-corrected chi connectivity index (χ1v) is 5.79. The van der Waals surface area contributed by atoms with Gasteiger partial charge >= 0.3 is 11.8 Å². The van der Waals surface area contributed by atoms with E-state index < -0.39 is 48.2 Å². The normalized spacial score (nSPS) is 14.9. The smallest absolute Gasteiger partial charge is 0.288 e. The number of hydrogen-bond acceptors (Lipinski definition) is 2. The molecule has 1 atom stereocenters. The van der Waals surface area contributed by atoms with Gasteiger partial charge in [-0.25, -0.2) is 13.2 Å². The van der Waals surface area contributed by atoms with Gasteiger partial charge in [0.25, 0.3) is 6.43 Å². The number of carbonyl (C=O) groups is 1. The summed E-state index contributed by atoms with van der Waals surface area (Å²) in [5.74, 6) is -10.1. The topological polar surface area (TPSA) is 17.1 Å². The van der Waals surface area contributed by atoms with Crippen molar-refractivity contribution >= 4 is 16.9 Å². The SMILES string of the molecule is CC(=O)SCCC(F)(F)C(F)(F)CC(F)C(F)F. The highest BCUT2D eigenvalue weighted by atomic mass is 32.2. The van der Waals surface area contributed by atoms with Crippen molar-refractivity contribution < 1.29 is 35.5 Å². The third-order valence-corrected chi connectivity index (χ3v) is 2.80. The predicted molar refractivity (Wildman–Crippen MR) is 53.2 cm³/mol. The average molecular weight is 300 g/mol. The average Bonchev–Trinajstić information content (AvgIpc) is 2.15. The minimum absolute atomic E-state index is 0.405. The molecule has 0 N–H and O–H groups in total. The molecule has 0 fully saturated rings. The van der Waals surface area contributed by atoms with Crippen LogP contribution < -0.4 is 0 Å². The zero-order chi connectivity index (χ0) is 14.6. The lowest BCUT2D eigenvalue weighted by Crippen LogP contribution is -2.43. The summed E-state index contributed by atoms with van der Waals surface area (Å²) in [5, 5.41) is -0.537. The van der Waals surface area contributed by atoms with Crippen molar-refractivity contribution in [3.05, 3.63) is 0 Å². The van der Waals surface area contributed by atoms with Crippen molar-refractivity contribution in [1.29, 1.82) is 0 Å². The number of carbonyl (C=O) groups excluding carboxylic acids is 1. The van der Waals surface area contributed by atoms with E-state index in [9.17, 15) is 35.5 Å². The fourth-order valence-corrected chi connectivity index (χ4v) is 1.64. The van der Waals surface area contributed by atoms with Gasteiger partial charge in [-0.3, -0.25) is 4.79 Å². The molecule has 0 spiro atoms. The van der Waals surface area contributed by atoms with E-state index in [0.717, 1.165) is 6.92 Å². The second-order valence-electron chi connectivity index (χ2n) is 3.55. The Balaban J connectivity index is 4.49. The van der Waals surface area contributed by atoms with E-state index >= 15 is 0 Å². The molecule has 18 heavy (non-hydrogen) atoms. The molecule has 1 unspecified atom stereocenters. The number of thioether (sulfide) groups is 1. The van der Waals surface area contributed by atoms with Crippen LogP contribution in [0.15, 0.2) is 0 Å². The van der Waals surface area contributed by atoms with Crippen LogP contribution in [-0.2, 0) is 4.79 Å². The van der Waals surface area contributed by atoms with Crippen molar-refractivity contribution in [3.63, 3.8) is 0 Å². The van der Waals surface area contributed by atoms with Crippen molar-refractivity contribution in [2.45, 2.75) is 44.2 Å². The van der Waals surface area contributed by atoms with Crippen LogP contribution in [0.3, 0.4) is 0 Å². The lowest BCUT2D eigenvalue weighted by atomic mass is 10.0. The van der Waals surface area contributed by atoms with E-state index in [1.54, 1.807) is 0 Å². The Kier molecular flexibility index (Phi) is 6.45. The van der Waals surface area contributed by atoms with Gasteiger partial charge in [0.15, 0.2) is 11.3 Å². The molecule has 0 saturated heterocycles. The first-order chi connectivity index (χ1) is 7.99. The molecule has 0 aromatic heterocycles. The minimum Gasteiger partial charge on any atom is -0.288 e. The molecule has 0 aliphatic carbocycles. The quantitative estimate of drug-likeness (QED) is 0.663. The molecule has 0 bridgehead atoms. The molecule has 108 valence electrons. The maximum Gasteiger partial charge on any atom is 0.313 e. The number of halogens is 7. The van der Waals surface area contributed by atoms with Gasteiger partial charge in [0.1, 0.15) is 0 Å². The van der Waals surface area contributed by atoms with Gasteiger partial charge in [0.05, 0.1) is 6.42 Å². The Morgan fingerprint density at radius 3 is 2.00 bits per heavy atom. The van der Waals surface area contributed by atoms with Gasteiger partial charge in [0, 0.05) is 19.1 Å². The summed E-state index contributed by atoms with van der Waals surface area (Å²) < 4.78 is 87.6. The summed E-state index contributed by atoms with van der Waals surface area (Å²) in [6, 6.07) is 0. The molecule has 0 radical (unpaired) electrons. The molecular formula is C9H11F7OS. The van der Waals surface area contributed by atoms with Crippen LogP contribution in [0.2, 0.25) is 0 Å². The first-order valence-electron chi connectivity index (χ1n) is 4.81. The molecule has 0 rings (SSSR count). The van der Waals surface area contributed by atoms with E-state index in [0.29, 0.717) is 11.8 Å². The second kappa shape index (κ2) is 6.63. The Labute approximate surface area is 103 Å². The summed E-state index contributed by atoms with van der Waals surface area (Å²) in [6.07, 6.45) is -10.7. The number of rotatable bonds is 7. The fourth-order valence-electron chi connectivity index (χ4n) is 0.989. The Bertz CT molecular complexity index is 282.